The van der Waals surface area contributed by atoms with Gasteiger partial charge in [-0.1, -0.05) is 25.8 Å². The monoisotopic (exact) mass is 326 g/mol. The standard InChI is InChI=1S/C16H20BrFO/c1-2-4-11-7-9-12(10-8-11)16(19)13-5-3-6-14(17)15(13)18/h3,5-6,11-12H,2,4,7-10H2,1H3. The molecule has 0 heterocycles. The Kier molecular flexibility index (Phi) is 5.14. The van der Waals surface area contributed by atoms with Crippen LogP contribution < -0.4 is 0 Å². The van der Waals surface area contributed by atoms with Gasteiger partial charge in [-0.25, -0.2) is 4.39 Å². The van der Waals surface area contributed by atoms with Crippen molar-refractivity contribution < 1.29 is 9.18 Å². The lowest BCUT2D eigenvalue weighted by Gasteiger charge is -2.27. The first-order valence-corrected chi connectivity index (χ1v) is 7.91. The third-order valence-corrected chi connectivity index (χ3v) is 4.74. The first-order valence-electron chi connectivity index (χ1n) is 7.11. The second kappa shape index (κ2) is 6.65. The fraction of sp³-hybridized carbons (Fsp3) is 0.562. The molecule has 0 aliphatic heterocycles. The van der Waals surface area contributed by atoms with E-state index in [9.17, 15) is 9.18 Å². The molecule has 2 rings (SSSR count). The highest BCUT2D eigenvalue weighted by molar-refractivity contribution is 9.10. The van der Waals surface area contributed by atoms with Gasteiger partial charge in [-0.3, -0.25) is 4.79 Å². The van der Waals surface area contributed by atoms with Crippen molar-refractivity contribution in [3.8, 4) is 0 Å². The zero-order chi connectivity index (χ0) is 13.8. The van der Waals surface area contributed by atoms with Gasteiger partial charge in [0, 0.05) is 5.92 Å². The Bertz CT molecular complexity index is 450. The van der Waals surface area contributed by atoms with Crippen LogP contribution in [0.3, 0.4) is 0 Å². The van der Waals surface area contributed by atoms with Crippen molar-refractivity contribution in [1.29, 1.82) is 0 Å². The van der Waals surface area contributed by atoms with Crippen LogP contribution in [0.2, 0.25) is 0 Å². The summed E-state index contributed by atoms with van der Waals surface area (Å²) < 4.78 is 14.3. The molecule has 0 unspecified atom stereocenters. The summed E-state index contributed by atoms with van der Waals surface area (Å²) in [4.78, 5) is 12.4. The predicted molar refractivity (Wildman–Crippen MR) is 78.8 cm³/mol. The fourth-order valence-corrected chi connectivity index (χ4v) is 3.40. The van der Waals surface area contributed by atoms with Gasteiger partial charge in [0.05, 0.1) is 10.0 Å². The Morgan fingerprint density at radius 2 is 2.00 bits per heavy atom. The van der Waals surface area contributed by atoms with Crippen molar-refractivity contribution in [3.05, 3.63) is 34.1 Å². The van der Waals surface area contributed by atoms with Crippen LogP contribution in [0, 0.1) is 17.7 Å². The topological polar surface area (TPSA) is 17.1 Å². The van der Waals surface area contributed by atoms with E-state index in [4.69, 9.17) is 0 Å². The molecule has 1 saturated carbocycles. The molecule has 0 saturated heterocycles. The second-order valence-corrected chi connectivity index (χ2v) is 6.33. The third kappa shape index (κ3) is 3.44. The summed E-state index contributed by atoms with van der Waals surface area (Å²) in [7, 11) is 0. The van der Waals surface area contributed by atoms with Crippen molar-refractivity contribution in [2.24, 2.45) is 11.8 Å². The second-order valence-electron chi connectivity index (χ2n) is 5.47. The molecule has 1 aliphatic carbocycles. The Balaban J connectivity index is 2.03. The minimum absolute atomic E-state index is 0.0110. The van der Waals surface area contributed by atoms with E-state index in [0.29, 0.717) is 4.47 Å². The number of hydrogen-bond acceptors (Lipinski definition) is 1. The van der Waals surface area contributed by atoms with Gasteiger partial charge in [-0.15, -0.1) is 0 Å². The van der Waals surface area contributed by atoms with E-state index < -0.39 is 5.82 Å². The molecule has 0 spiro atoms. The van der Waals surface area contributed by atoms with Crippen LogP contribution in [0.4, 0.5) is 4.39 Å². The molecule has 104 valence electrons. The molecule has 1 aromatic rings. The SMILES string of the molecule is CCCC1CCC(C(=O)c2cccc(Br)c2F)CC1. The average molecular weight is 327 g/mol. The molecular formula is C16H20BrFO. The maximum atomic E-state index is 13.9. The van der Waals surface area contributed by atoms with Gasteiger partial charge in [-0.2, -0.15) is 0 Å². The number of ketones is 1. The summed E-state index contributed by atoms with van der Waals surface area (Å²) in [5, 5.41) is 0. The molecule has 0 atom stereocenters. The van der Waals surface area contributed by atoms with Crippen molar-refractivity contribution in [1.82, 2.24) is 0 Å². The Labute approximate surface area is 122 Å². The van der Waals surface area contributed by atoms with Crippen LogP contribution in [0.5, 0.6) is 0 Å². The minimum Gasteiger partial charge on any atom is -0.294 e. The van der Waals surface area contributed by atoms with Crippen molar-refractivity contribution in [2.75, 3.05) is 0 Å². The van der Waals surface area contributed by atoms with Gasteiger partial charge in [0.15, 0.2) is 5.78 Å². The van der Waals surface area contributed by atoms with Gasteiger partial charge < -0.3 is 0 Å². The molecule has 0 aromatic heterocycles. The zero-order valence-corrected chi connectivity index (χ0v) is 12.9. The summed E-state index contributed by atoms with van der Waals surface area (Å²) in [6, 6.07) is 4.95. The van der Waals surface area contributed by atoms with E-state index in [-0.39, 0.29) is 17.3 Å². The molecule has 0 amide bonds. The summed E-state index contributed by atoms with van der Waals surface area (Å²) in [6.07, 6.45) is 6.51. The van der Waals surface area contributed by atoms with E-state index in [2.05, 4.69) is 22.9 Å². The predicted octanol–water partition coefficient (Wildman–Crippen LogP) is 5.38. The lowest BCUT2D eigenvalue weighted by molar-refractivity contribution is 0.0865. The molecular weight excluding hydrogens is 307 g/mol. The van der Waals surface area contributed by atoms with Gasteiger partial charge in [-0.05, 0) is 59.7 Å². The maximum Gasteiger partial charge on any atom is 0.168 e. The number of halogens is 2. The van der Waals surface area contributed by atoms with E-state index >= 15 is 0 Å². The largest absolute Gasteiger partial charge is 0.294 e. The number of hydrogen-bond donors (Lipinski definition) is 0. The molecule has 3 heteroatoms. The van der Waals surface area contributed by atoms with Gasteiger partial charge in [0.25, 0.3) is 0 Å². The molecule has 0 N–H and O–H groups in total. The van der Waals surface area contributed by atoms with Crippen LogP contribution in [0.15, 0.2) is 22.7 Å². The van der Waals surface area contributed by atoms with E-state index in [1.54, 1.807) is 18.2 Å². The van der Waals surface area contributed by atoms with Crippen molar-refractivity contribution in [3.63, 3.8) is 0 Å². The number of carbonyl (C=O) groups excluding carboxylic acids is 1. The van der Waals surface area contributed by atoms with Crippen LogP contribution >= 0.6 is 15.9 Å². The van der Waals surface area contributed by atoms with Crippen molar-refractivity contribution in [2.45, 2.75) is 45.4 Å². The van der Waals surface area contributed by atoms with Crippen molar-refractivity contribution >= 4 is 21.7 Å². The Morgan fingerprint density at radius 3 is 2.63 bits per heavy atom. The third-order valence-electron chi connectivity index (χ3n) is 4.13. The lowest BCUT2D eigenvalue weighted by Crippen LogP contribution is -2.22. The van der Waals surface area contributed by atoms with Crippen LogP contribution in [0.25, 0.3) is 0 Å². The van der Waals surface area contributed by atoms with Gasteiger partial charge in [0.2, 0.25) is 0 Å². The first-order chi connectivity index (χ1) is 9.13. The summed E-state index contributed by atoms with van der Waals surface area (Å²) >= 11 is 3.14. The maximum absolute atomic E-state index is 13.9. The van der Waals surface area contributed by atoms with Crippen LogP contribution in [0.1, 0.15) is 55.8 Å². The highest BCUT2D eigenvalue weighted by Gasteiger charge is 2.28. The van der Waals surface area contributed by atoms with E-state index in [0.717, 1.165) is 31.6 Å². The van der Waals surface area contributed by atoms with E-state index in [1.165, 1.54) is 12.8 Å². The number of carbonyl (C=O) groups is 1. The molecule has 1 fully saturated rings. The molecule has 0 radical (unpaired) electrons. The van der Waals surface area contributed by atoms with Gasteiger partial charge >= 0.3 is 0 Å². The highest BCUT2D eigenvalue weighted by Crippen LogP contribution is 2.34. The highest BCUT2D eigenvalue weighted by atomic mass is 79.9. The molecule has 0 bridgehead atoms. The smallest absolute Gasteiger partial charge is 0.168 e. The van der Waals surface area contributed by atoms with Gasteiger partial charge in [0.1, 0.15) is 5.82 Å². The molecule has 1 aromatic carbocycles. The summed E-state index contributed by atoms with van der Waals surface area (Å²) in [5.74, 6) is 0.343. The number of benzene rings is 1. The zero-order valence-electron chi connectivity index (χ0n) is 11.3. The van der Waals surface area contributed by atoms with E-state index in [1.807, 2.05) is 0 Å². The van der Waals surface area contributed by atoms with Crippen LogP contribution in [-0.4, -0.2) is 5.78 Å². The molecule has 1 aliphatic rings. The summed E-state index contributed by atoms with van der Waals surface area (Å²) in [5.41, 5.74) is 0.244. The number of rotatable bonds is 4. The first kappa shape index (κ1) is 14.7. The fourth-order valence-electron chi connectivity index (χ4n) is 3.04. The Hall–Kier alpha value is -0.700. The average Bonchev–Trinajstić information content (AvgIpc) is 2.42. The molecule has 19 heavy (non-hydrogen) atoms. The lowest BCUT2D eigenvalue weighted by atomic mass is 9.77. The van der Waals surface area contributed by atoms with Crippen LogP contribution in [-0.2, 0) is 0 Å². The minimum atomic E-state index is -0.414. The molecule has 1 nitrogen and oxygen atoms in total. The summed E-state index contributed by atoms with van der Waals surface area (Å²) in [6.45, 7) is 2.20. The number of Topliss-reactive ketones (excluding diaryl/α,β-unsaturated/α-hetero) is 1. The normalized spacial score (nSPS) is 23.3. The Morgan fingerprint density at radius 1 is 1.32 bits per heavy atom. The quantitative estimate of drug-likeness (QED) is 0.679.